The van der Waals surface area contributed by atoms with Crippen LogP contribution in [0.5, 0.6) is 5.75 Å². The van der Waals surface area contributed by atoms with E-state index in [0.717, 1.165) is 68.2 Å². The third kappa shape index (κ3) is 6.19. The van der Waals surface area contributed by atoms with E-state index < -0.39 is 0 Å². The van der Waals surface area contributed by atoms with Crippen LogP contribution in [0.2, 0.25) is 0 Å². The molecule has 1 aliphatic heterocycles. The number of fused-ring (bicyclic) bond motifs is 1. The number of benzene rings is 1. The minimum atomic E-state index is -0.366. The molecule has 1 N–H and O–H groups in total. The summed E-state index contributed by atoms with van der Waals surface area (Å²) in [5.74, 6) is 0.392. The third-order valence-electron chi connectivity index (χ3n) is 4.70. The Labute approximate surface area is 178 Å². The highest BCUT2D eigenvalue weighted by Crippen LogP contribution is 2.30. The zero-order valence-electron chi connectivity index (χ0n) is 17.1. The van der Waals surface area contributed by atoms with E-state index in [2.05, 4.69) is 15.2 Å². The second kappa shape index (κ2) is 11.8. The first-order chi connectivity index (χ1) is 13.7. The number of ether oxygens (including phenoxy) is 3. The largest absolute Gasteiger partial charge is 1.00 e. The zero-order valence-corrected chi connectivity index (χ0v) is 17.8. The summed E-state index contributed by atoms with van der Waals surface area (Å²) in [7, 11) is 0. The van der Waals surface area contributed by atoms with Crippen LogP contribution < -0.4 is 22.5 Å². The maximum Gasteiger partial charge on any atom is 0.341 e. The summed E-state index contributed by atoms with van der Waals surface area (Å²) >= 11 is 0. The molecule has 7 nitrogen and oxygen atoms in total. The van der Waals surface area contributed by atoms with E-state index in [4.69, 9.17) is 14.2 Å². The van der Waals surface area contributed by atoms with Gasteiger partial charge in [-0.1, -0.05) is 0 Å². The summed E-state index contributed by atoms with van der Waals surface area (Å²) in [5.41, 5.74) is 2.02. The number of nitrogens with one attached hydrogen (secondary N) is 1. The van der Waals surface area contributed by atoms with Gasteiger partial charge < -0.3 is 31.9 Å². The lowest BCUT2D eigenvalue weighted by atomic mass is 10.1. The average molecular weight is 423 g/mol. The van der Waals surface area contributed by atoms with Crippen molar-refractivity contribution in [3.8, 4) is 5.75 Å². The molecule has 1 aromatic carbocycles. The summed E-state index contributed by atoms with van der Waals surface area (Å²) in [4.78, 5) is 19.3. The maximum absolute atomic E-state index is 12.4. The number of carbonyl (C=O) groups excluding carboxylic acids is 1. The lowest BCUT2D eigenvalue weighted by Gasteiger charge is -2.26. The quantitative estimate of drug-likeness (QED) is 0.448. The van der Waals surface area contributed by atoms with Crippen LogP contribution in [0.25, 0.3) is 10.9 Å². The Morgan fingerprint density at radius 3 is 2.76 bits per heavy atom. The molecule has 29 heavy (non-hydrogen) atoms. The van der Waals surface area contributed by atoms with Crippen LogP contribution in [0.4, 0.5) is 5.69 Å². The second-order valence-electron chi connectivity index (χ2n) is 6.61. The minimum absolute atomic E-state index is 0. The molecule has 0 aliphatic carbocycles. The number of nitrogens with zero attached hydrogens (tertiary/aromatic N) is 2. The topological polar surface area (TPSA) is 72.9 Å². The second-order valence-corrected chi connectivity index (χ2v) is 6.61. The Kier molecular flexibility index (Phi) is 9.44. The number of esters is 1. The summed E-state index contributed by atoms with van der Waals surface area (Å²) in [6.45, 7) is 9.96. The van der Waals surface area contributed by atoms with Crippen LogP contribution in [0.1, 0.15) is 30.6 Å². The van der Waals surface area contributed by atoms with Gasteiger partial charge in [0.25, 0.3) is 0 Å². The molecule has 1 aromatic heterocycles. The highest BCUT2D eigenvalue weighted by molar-refractivity contribution is 6.05. The first kappa shape index (κ1) is 23.2. The molecule has 2 heterocycles. The van der Waals surface area contributed by atoms with Crippen molar-refractivity contribution < 1.29 is 31.4 Å². The molecule has 1 aliphatic rings. The van der Waals surface area contributed by atoms with Crippen LogP contribution in [0.3, 0.4) is 0 Å². The van der Waals surface area contributed by atoms with Gasteiger partial charge in [0, 0.05) is 31.2 Å². The van der Waals surface area contributed by atoms with E-state index >= 15 is 0 Å². The smallest absolute Gasteiger partial charge is 0.341 e. The van der Waals surface area contributed by atoms with Gasteiger partial charge in [0.05, 0.1) is 37.6 Å². The van der Waals surface area contributed by atoms with E-state index in [-0.39, 0.29) is 18.4 Å². The molecule has 0 unspecified atom stereocenters. The number of rotatable bonds is 9. The summed E-state index contributed by atoms with van der Waals surface area (Å²) in [5, 5.41) is 4.31. The first-order valence-corrected chi connectivity index (χ1v) is 9.99. The summed E-state index contributed by atoms with van der Waals surface area (Å²) < 4.78 is 16.2. The number of aromatic nitrogens is 1. The van der Waals surface area contributed by atoms with Gasteiger partial charge in [-0.25, -0.2) is 4.79 Å². The average Bonchev–Trinajstić information content (AvgIpc) is 2.72. The molecule has 1 saturated heterocycles. The minimum Gasteiger partial charge on any atom is -1.00 e. The third-order valence-corrected chi connectivity index (χ3v) is 4.70. The van der Waals surface area contributed by atoms with Gasteiger partial charge in [0.2, 0.25) is 0 Å². The van der Waals surface area contributed by atoms with Crippen molar-refractivity contribution in [2.75, 3.05) is 57.9 Å². The van der Waals surface area contributed by atoms with Gasteiger partial charge in [-0.3, -0.25) is 9.88 Å². The summed E-state index contributed by atoms with van der Waals surface area (Å²) in [6.07, 6.45) is 2.56. The van der Waals surface area contributed by atoms with E-state index in [1.807, 2.05) is 25.1 Å². The van der Waals surface area contributed by atoms with Crippen molar-refractivity contribution in [3.63, 3.8) is 0 Å². The summed E-state index contributed by atoms with van der Waals surface area (Å²) in [6, 6.07) is 5.73. The SMILES string of the molecule is CCOC(=O)c1cnc2ccc(OCC)cc2c1NCCCN1CCOCC1.[Cl-]. The van der Waals surface area contributed by atoms with Gasteiger partial charge in [0.15, 0.2) is 0 Å². The van der Waals surface area contributed by atoms with E-state index in [9.17, 15) is 4.79 Å². The number of carbonyl (C=O) groups is 1. The van der Waals surface area contributed by atoms with E-state index in [1.165, 1.54) is 0 Å². The van der Waals surface area contributed by atoms with Crippen LogP contribution in [0.15, 0.2) is 24.4 Å². The van der Waals surface area contributed by atoms with Crippen molar-refractivity contribution >= 4 is 22.6 Å². The lowest BCUT2D eigenvalue weighted by molar-refractivity contribution is -0.0000259. The molecule has 1 fully saturated rings. The molecule has 2 aromatic rings. The molecule has 8 heteroatoms. The molecule has 0 atom stereocenters. The number of pyridine rings is 1. The normalized spacial score (nSPS) is 14.3. The number of halogens is 1. The van der Waals surface area contributed by atoms with Crippen LogP contribution in [-0.4, -0.2) is 68.5 Å². The Hall–Kier alpha value is -2.09. The van der Waals surface area contributed by atoms with Crippen LogP contribution in [0, 0.1) is 0 Å². The fraction of sp³-hybridized carbons (Fsp3) is 0.524. The fourth-order valence-electron chi connectivity index (χ4n) is 3.32. The predicted molar refractivity (Wildman–Crippen MR) is 109 cm³/mol. The Bertz CT molecular complexity index is 797. The zero-order chi connectivity index (χ0) is 19.8. The van der Waals surface area contributed by atoms with Gasteiger partial charge in [-0.2, -0.15) is 0 Å². The van der Waals surface area contributed by atoms with Gasteiger partial charge >= 0.3 is 5.97 Å². The predicted octanol–water partition coefficient (Wildman–Crippen LogP) is -0.0516. The molecule has 0 saturated carbocycles. The van der Waals surface area contributed by atoms with Crippen molar-refractivity contribution in [2.45, 2.75) is 20.3 Å². The van der Waals surface area contributed by atoms with Crippen molar-refractivity contribution in [1.82, 2.24) is 9.88 Å². The molecule has 0 spiro atoms. The van der Waals surface area contributed by atoms with E-state index in [1.54, 1.807) is 13.1 Å². The van der Waals surface area contributed by atoms with Crippen molar-refractivity contribution in [1.29, 1.82) is 0 Å². The van der Waals surface area contributed by atoms with Gasteiger partial charge in [-0.15, -0.1) is 0 Å². The molecule has 0 radical (unpaired) electrons. The molecule has 160 valence electrons. The molecular formula is C21H29ClN3O4-. The standard InChI is InChI=1S/C21H29N3O4.ClH/c1-3-27-16-6-7-19-17(14-16)20(18(15-23-19)21(25)28-4-2)22-8-5-9-24-10-12-26-13-11-24;/h6-7,14-15H,3-5,8-13H2,1-2H3,(H,22,23);1H/p-1. The van der Waals surface area contributed by atoms with Crippen LogP contribution >= 0.6 is 0 Å². The Morgan fingerprint density at radius 1 is 1.24 bits per heavy atom. The first-order valence-electron chi connectivity index (χ1n) is 9.99. The van der Waals surface area contributed by atoms with Crippen LogP contribution in [-0.2, 0) is 9.47 Å². The number of anilines is 1. The Morgan fingerprint density at radius 2 is 2.03 bits per heavy atom. The van der Waals surface area contributed by atoms with Crippen molar-refractivity contribution in [2.24, 2.45) is 0 Å². The fourth-order valence-corrected chi connectivity index (χ4v) is 3.32. The molecule has 0 amide bonds. The number of hydrogen-bond donors (Lipinski definition) is 1. The number of hydrogen-bond acceptors (Lipinski definition) is 7. The van der Waals surface area contributed by atoms with Crippen molar-refractivity contribution in [3.05, 3.63) is 30.0 Å². The lowest BCUT2D eigenvalue weighted by Crippen LogP contribution is -3.00. The number of morpholine rings is 1. The molecular weight excluding hydrogens is 394 g/mol. The highest BCUT2D eigenvalue weighted by atomic mass is 35.5. The van der Waals surface area contributed by atoms with E-state index in [0.29, 0.717) is 18.8 Å². The van der Waals surface area contributed by atoms with Gasteiger partial charge in [-0.05, 0) is 45.0 Å². The molecule has 3 rings (SSSR count). The highest BCUT2D eigenvalue weighted by Gasteiger charge is 2.17. The maximum atomic E-state index is 12.4. The Balaban J connectivity index is 0.00000300. The van der Waals surface area contributed by atoms with Gasteiger partial charge in [0.1, 0.15) is 11.3 Å². The molecule has 0 bridgehead atoms. The monoisotopic (exact) mass is 422 g/mol.